The molecule has 0 fully saturated rings. The van der Waals surface area contributed by atoms with Crippen LogP contribution in [0.1, 0.15) is 19.5 Å². The van der Waals surface area contributed by atoms with Crippen molar-refractivity contribution >= 4 is 23.1 Å². The Morgan fingerprint density at radius 1 is 1.28 bits per heavy atom. The van der Waals surface area contributed by atoms with E-state index < -0.39 is 28.5 Å². The fourth-order valence-electron chi connectivity index (χ4n) is 2.34. The van der Waals surface area contributed by atoms with Crippen molar-refractivity contribution in [1.82, 2.24) is 9.97 Å². The highest BCUT2D eigenvalue weighted by Gasteiger charge is 2.34. The van der Waals surface area contributed by atoms with Gasteiger partial charge in [-0.1, -0.05) is 13.8 Å². The lowest BCUT2D eigenvalue weighted by molar-refractivity contribution is -0.384. The van der Waals surface area contributed by atoms with Crippen LogP contribution < -0.4 is 15.4 Å². The number of anilines is 3. The van der Waals surface area contributed by atoms with E-state index >= 15 is 0 Å². The smallest absolute Gasteiger partial charge is 0.433 e. The number of ether oxygens (including phenoxy) is 1. The Labute approximate surface area is 164 Å². The van der Waals surface area contributed by atoms with Crippen LogP contribution in [0.2, 0.25) is 0 Å². The van der Waals surface area contributed by atoms with Gasteiger partial charge in [-0.2, -0.15) is 18.2 Å². The molecular formula is C17H20F3N5O4. The van der Waals surface area contributed by atoms with Gasteiger partial charge < -0.3 is 20.5 Å². The minimum absolute atomic E-state index is 0.0730. The van der Waals surface area contributed by atoms with Crippen molar-refractivity contribution in [2.45, 2.75) is 26.1 Å². The molecule has 0 amide bonds. The van der Waals surface area contributed by atoms with E-state index in [0.29, 0.717) is 6.07 Å². The van der Waals surface area contributed by atoms with Gasteiger partial charge >= 0.3 is 6.18 Å². The average Bonchev–Trinajstić information content (AvgIpc) is 2.65. The Kier molecular flexibility index (Phi) is 6.80. The lowest BCUT2D eigenvalue weighted by Crippen LogP contribution is -2.30. The third-order valence-corrected chi connectivity index (χ3v) is 4.00. The summed E-state index contributed by atoms with van der Waals surface area (Å²) < 4.78 is 44.7. The van der Waals surface area contributed by atoms with Gasteiger partial charge in [0.05, 0.1) is 30.7 Å². The van der Waals surface area contributed by atoms with Gasteiger partial charge in [0.1, 0.15) is 17.3 Å². The molecule has 3 N–H and O–H groups in total. The standard InChI is InChI=1S/C17H20F3N5O4/c1-9(2)12(8-26)22-16-23-14(17(18,19)20)7-15(24-16)21-11-5-4-10(29-3)6-13(11)25(27)28/h4-7,9,12,26H,8H2,1-3H3,(H2,21,22,23,24)/t12-/m0/s1. The predicted molar refractivity (Wildman–Crippen MR) is 99.3 cm³/mol. The number of methoxy groups -OCH3 is 1. The Balaban J connectivity index is 2.47. The van der Waals surface area contributed by atoms with Crippen molar-refractivity contribution < 1.29 is 27.9 Å². The number of benzene rings is 1. The Morgan fingerprint density at radius 2 is 1.97 bits per heavy atom. The van der Waals surface area contributed by atoms with Gasteiger partial charge in [0.25, 0.3) is 5.69 Å². The third-order valence-electron chi connectivity index (χ3n) is 4.00. The van der Waals surface area contributed by atoms with Crippen LogP contribution in [0.5, 0.6) is 5.75 Å². The number of rotatable bonds is 8. The molecule has 0 aliphatic carbocycles. The molecule has 2 rings (SSSR count). The normalized spacial score (nSPS) is 12.6. The highest BCUT2D eigenvalue weighted by atomic mass is 19.4. The van der Waals surface area contributed by atoms with Crippen molar-refractivity contribution in [3.63, 3.8) is 0 Å². The number of aromatic nitrogens is 2. The Morgan fingerprint density at radius 3 is 2.48 bits per heavy atom. The van der Waals surface area contributed by atoms with Crippen LogP contribution in [-0.4, -0.2) is 39.8 Å². The molecular weight excluding hydrogens is 395 g/mol. The zero-order chi connectivity index (χ0) is 21.8. The molecule has 0 saturated carbocycles. The molecule has 0 aliphatic heterocycles. The zero-order valence-electron chi connectivity index (χ0n) is 15.8. The molecule has 1 aromatic heterocycles. The van der Waals surface area contributed by atoms with E-state index in [1.165, 1.54) is 19.2 Å². The third kappa shape index (κ3) is 5.67. The van der Waals surface area contributed by atoms with Gasteiger partial charge in [-0.25, -0.2) is 4.98 Å². The fraction of sp³-hybridized carbons (Fsp3) is 0.412. The number of nitrogens with zero attached hydrogens (tertiary/aromatic N) is 3. The van der Waals surface area contributed by atoms with Crippen LogP contribution in [0.25, 0.3) is 0 Å². The van der Waals surface area contributed by atoms with Gasteiger partial charge in [-0.3, -0.25) is 10.1 Å². The monoisotopic (exact) mass is 415 g/mol. The van der Waals surface area contributed by atoms with E-state index in [4.69, 9.17) is 4.74 Å². The molecule has 29 heavy (non-hydrogen) atoms. The molecule has 2 aromatic rings. The number of alkyl halides is 3. The molecule has 9 nitrogen and oxygen atoms in total. The molecule has 1 aromatic carbocycles. The summed E-state index contributed by atoms with van der Waals surface area (Å²) in [6.07, 6.45) is -4.77. The van der Waals surface area contributed by atoms with Gasteiger partial charge in [0.2, 0.25) is 5.95 Å². The maximum absolute atomic E-state index is 13.3. The molecule has 0 saturated heterocycles. The van der Waals surface area contributed by atoms with E-state index in [9.17, 15) is 28.4 Å². The predicted octanol–water partition coefficient (Wildman–Crippen LogP) is 3.58. The van der Waals surface area contributed by atoms with Gasteiger partial charge in [0.15, 0.2) is 5.69 Å². The highest BCUT2D eigenvalue weighted by molar-refractivity contribution is 5.70. The van der Waals surface area contributed by atoms with E-state index in [0.717, 1.165) is 6.07 Å². The number of nitro benzene ring substituents is 1. The number of hydrogen-bond donors (Lipinski definition) is 3. The summed E-state index contributed by atoms with van der Waals surface area (Å²) in [7, 11) is 1.33. The van der Waals surface area contributed by atoms with E-state index in [1.807, 2.05) is 0 Å². The molecule has 0 radical (unpaired) electrons. The second-order valence-corrected chi connectivity index (χ2v) is 6.40. The van der Waals surface area contributed by atoms with Crippen molar-refractivity contribution in [3.8, 4) is 5.75 Å². The van der Waals surface area contributed by atoms with Crippen LogP contribution in [0.4, 0.5) is 36.3 Å². The first-order valence-electron chi connectivity index (χ1n) is 8.48. The summed E-state index contributed by atoms with van der Waals surface area (Å²) in [5.41, 5.74) is -1.72. The summed E-state index contributed by atoms with van der Waals surface area (Å²) in [6, 6.07) is 3.91. The van der Waals surface area contributed by atoms with Crippen LogP contribution in [-0.2, 0) is 6.18 Å². The SMILES string of the molecule is COc1ccc(Nc2cc(C(F)(F)F)nc(N[C@@H](CO)C(C)C)n2)c([N+](=O)[O-])c1. The summed E-state index contributed by atoms with van der Waals surface area (Å²) in [4.78, 5) is 18.0. The summed E-state index contributed by atoms with van der Waals surface area (Å²) in [5.74, 6) is -0.571. The van der Waals surface area contributed by atoms with E-state index in [1.54, 1.807) is 13.8 Å². The van der Waals surface area contributed by atoms with Crippen molar-refractivity contribution in [3.05, 3.63) is 40.1 Å². The molecule has 0 unspecified atom stereocenters. The maximum atomic E-state index is 13.3. The topological polar surface area (TPSA) is 122 Å². The Bertz CT molecular complexity index is 877. The molecule has 1 atom stereocenters. The fourth-order valence-corrected chi connectivity index (χ4v) is 2.34. The molecule has 0 spiro atoms. The number of aliphatic hydroxyl groups excluding tert-OH is 1. The average molecular weight is 415 g/mol. The summed E-state index contributed by atoms with van der Waals surface area (Å²) in [5, 5.41) is 25.9. The largest absolute Gasteiger partial charge is 0.496 e. The zero-order valence-corrected chi connectivity index (χ0v) is 15.8. The maximum Gasteiger partial charge on any atom is 0.433 e. The van der Waals surface area contributed by atoms with Crippen molar-refractivity contribution in [1.29, 1.82) is 0 Å². The lowest BCUT2D eigenvalue weighted by Gasteiger charge is -2.21. The molecule has 0 aliphatic rings. The molecule has 1 heterocycles. The number of nitro groups is 1. The first-order valence-corrected chi connectivity index (χ1v) is 8.48. The van der Waals surface area contributed by atoms with Crippen LogP contribution in [0.3, 0.4) is 0 Å². The van der Waals surface area contributed by atoms with Crippen molar-refractivity contribution in [2.75, 3.05) is 24.4 Å². The Hall–Kier alpha value is -3.15. The van der Waals surface area contributed by atoms with Gasteiger partial charge in [-0.05, 0) is 18.1 Å². The number of aliphatic hydroxyl groups is 1. The van der Waals surface area contributed by atoms with Crippen LogP contribution in [0, 0.1) is 16.0 Å². The molecule has 12 heteroatoms. The van der Waals surface area contributed by atoms with Gasteiger partial charge in [-0.15, -0.1) is 0 Å². The minimum Gasteiger partial charge on any atom is -0.496 e. The highest BCUT2D eigenvalue weighted by Crippen LogP contribution is 2.34. The first-order chi connectivity index (χ1) is 13.5. The van der Waals surface area contributed by atoms with Crippen LogP contribution >= 0.6 is 0 Å². The quantitative estimate of drug-likeness (QED) is 0.442. The lowest BCUT2D eigenvalue weighted by atomic mass is 10.1. The second kappa shape index (κ2) is 8.90. The van der Waals surface area contributed by atoms with Crippen molar-refractivity contribution in [2.24, 2.45) is 5.92 Å². The number of nitrogens with one attached hydrogen (secondary N) is 2. The first kappa shape index (κ1) is 22.1. The minimum atomic E-state index is -4.77. The van der Waals surface area contributed by atoms with E-state index in [-0.39, 0.29) is 35.7 Å². The second-order valence-electron chi connectivity index (χ2n) is 6.40. The summed E-state index contributed by atoms with van der Waals surface area (Å²) >= 11 is 0. The van der Waals surface area contributed by atoms with E-state index in [2.05, 4.69) is 20.6 Å². The number of halogens is 3. The van der Waals surface area contributed by atoms with Crippen LogP contribution in [0.15, 0.2) is 24.3 Å². The van der Waals surface area contributed by atoms with Gasteiger partial charge in [0, 0.05) is 6.07 Å². The molecule has 158 valence electrons. The summed E-state index contributed by atoms with van der Waals surface area (Å²) in [6.45, 7) is 3.19. The molecule has 0 bridgehead atoms. The number of hydrogen-bond acceptors (Lipinski definition) is 8.